The first-order valence-electron chi connectivity index (χ1n) is 7.78. The van der Waals surface area contributed by atoms with Crippen molar-refractivity contribution < 1.29 is 5.11 Å². The summed E-state index contributed by atoms with van der Waals surface area (Å²) in [4.78, 5) is 2.39. The van der Waals surface area contributed by atoms with Crippen LogP contribution in [0.2, 0.25) is 0 Å². The quantitative estimate of drug-likeness (QED) is 0.905. The maximum Gasteiger partial charge on any atom is 0.0939 e. The van der Waals surface area contributed by atoms with E-state index in [-0.39, 0.29) is 5.92 Å². The molecule has 2 nitrogen and oxygen atoms in total. The molecule has 1 aliphatic rings. The third-order valence-electron chi connectivity index (χ3n) is 4.81. The minimum Gasteiger partial charge on any atom is -0.385 e. The van der Waals surface area contributed by atoms with Crippen LogP contribution >= 0.6 is 0 Å². The van der Waals surface area contributed by atoms with Gasteiger partial charge in [-0.2, -0.15) is 0 Å². The second-order valence-electron chi connectivity index (χ2n) is 6.05. The molecule has 1 N–H and O–H groups in total. The van der Waals surface area contributed by atoms with Gasteiger partial charge in [0, 0.05) is 18.8 Å². The van der Waals surface area contributed by atoms with Crippen LogP contribution in [0.4, 0.5) is 5.69 Å². The largest absolute Gasteiger partial charge is 0.385 e. The Bertz CT molecular complexity index is 569. The van der Waals surface area contributed by atoms with Crippen LogP contribution in [-0.2, 0) is 5.60 Å². The van der Waals surface area contributed by atoms with E-state index in [9.17, 15) is 5.11 Å². The fourth-order valence-electron chi connectivity index (χ4n) is 3.30. The standard InChI is InChI=1S/C19H23NO/c1-16-12-14-20(18-10-6-3-7-11-18)15-13-19(16,21)17-8-4-2-5-9-17/h2-11,16,21H,12-15H2,1H3. The van der Waals surface area contributed by atoms with Crippen LogP contribution in [0.3, 0.4) is 0 Å². The van der Waals surface area contributed by atoms with Crippen LogP contribution in [0.1, 0.15) is 25.3 Å². The Hall–Kier alpha value is -1.80. The topological polar surface area (TPSA) is 23.5 Å². The number of rotatable bonds is 2. The van der Waals surface area contributed by atoms with Crippen LogP contribution in [0.5, 0.6) is 0 Å². The van der Waals surface area contributed by atoms with E-state index in [1.165, 1.54) is 5.69 Å². The van der Waals surface area contributed by atoms with Crippen molar-refractivity contribution in [2.45, 2.75) is 25.4 Å². The minimum atomic E-state index is -0.717. The summed E-state index contributed by atoms with van der Waals surface area (Å²) in [6, 6.07) is 20.6. The van der Waals surface area contributed by atoms with Gasteiger partial charge in [-0.05, 0) is 36.5 Å². The summed E-state index contributed by atoms with van der Waals surface area (Å²) in [6.07, 6.45) is 1.77. The molecule has 0 spiro atoms. The van der Waals surface area contributed by atoms with Gasteiger partial charge in [0.15, 0.2) is 0 Å². The van der Waals surface area contributed by atoms with Crippen molar-refractivity contribution >= 4 is 5.69 Å². The summed E-state index contributed by atoms with van der Waals surface area (Å²) >= 11 is 0. The summed E-state index contributed by atoms with van der Waals surface area (Å²) < 4.78 is 0. The monoisotopic (exact) mass is 281 g/mol. The molecule has 21 heavy (non-hydrogen) atoms. The van der Waals surface area contributed by atoms with Crippen molar-refractivity contribution in [1.82, 2.24) is 0 Å². The van der Waals surface area contributed by atoms with Gasteiger partial charge in [0.2, 0.25) is 0 Å². The molecule has 0 radical (unpaired) electrons. The highest BCUT2D eigenvalue weighted by molar-refractivity contribution is 5.46. The van der Waals surface area contributed by atoms with Crippen molar-refractivity contribution in [1.29, 1.82) is 0 Å². The molecule has 3 rings (SSSR count). The molecule has 1 aliphatic heterocycles. The highest BCUT2D eigenvalue weighted by Crippen LogP contribution is 2.38. The van der Waals surface area contributed by atoms with Crippen molar-refractivity contribution in [2.75, 3.05) is 18.0 Å². The predicted molar refractivity (Wildman–Crippen MR) is 87.4 cm³/mol. The molecule has 2 aromatic rings. The van der Waals surface area contributed by atoms with E-state index in [1.807, 2.05) is 24.3 Å². The normalized spacial score (nSPS) is 26.4. The van der Waals surface area contributed by atoms with E-state index < -0.39 is 5.60 Å². The third-order valence-corrected chi connectivity index (χ3v) is 4.81. The molecule has 1 saturated heterocycles. The molecule has 2 aromatic carbocycles. The van der Waals surface area contributed by atoms with Gasteiger partial charge in [0.05, 0.1) is 5.60 Å². The Kier molecular flexibility index (Phi) is 3.98. The molecule has 2 unspecified atom stereocenters. The zero-order valence-electron chi connectivity index (χ0n) is 12.6. The number of nitrogens with zero attached hydrogens (tertiary/aromatic N) is 1. The number of aliphatic hydroxyl groups is 1. The molecule has 110 valence electrons. The second-order valence-corrected chi connectivity index (χ2v) is 6.05. The lowest BCUT2D eigenvalue weighted by atomic mass is 9.79. The Balaban J connectivity index is 1.84. The van der Waals surface area contributed by atoms with Crippen LogP contribution in [-0.4, -0.2) is 18.2 Å². The van der Waals surface area contributed by atoms with E-state index in [0.29, 0.717) is 0 Å². The summed E-state index contributed by atoms with van der Waals surface area (Å²) in [5.74, 6) is 0.258. The van der Waals surface area contributed by atoms with E-state index >= 15 is 0 Å². The maximum atomic E-state index is 11.2. The Morgan fingerprint density at radius 3 is 2.24 bits per heavy atom. The van der Waals surface area contributed by atoms with Crippen LogP contribution < -0.4 is 4.90 Å². The van der Waals surface area contributed by atoms with Crippen molar-refractivity contribution in [3.63, 3.8) is 0 Å². The first-order chi connectivity index (χ1) is 10.2. The summed E-state index contributed by atoms with van der Waals surface area (Å²) in [6.45, 7) is 4.06. The Morgan fingerprint density at radius 2 is 1.57 bits per heavy atom. The fourth-order valence-corrected chi connectivity index (χ4v) is 3.30. The van der Waals surface area contributed by atoms with E-state index in [0.717, 1.165) is 31.5 Å². The van der Waals surface area contributed by atoms with Gasteiger partial charge in [-0.3, -0.25) is 0 Å². The molecule has 1 heterocycles. The molecular formula is C19H23NO. The molecular weight excluding hydrogens is 258 g/mol. The molecule has 2 heteroatoms. The highest BCUT2D eigenvalue weighted by atomic mass is 16.3. The second kappa shape index (κ2) is 5.90. The maximum absolute atomic E-state index is 11.2. The number of hydrogen-bond acceptors (Lipinski definition) is 2. The number of para-hydroxylation sites is 1. The zero-order chi connectivity index (χ0) is 14.7. The van der Waals surface area contributed by atoms with E-state index in [4.69, 9.17) is 0 Å². The van der Waals surface area contributed by atoms with Crippen LogP contribution in [0, 0.1) is 5.92 Å². The van der Waals surface area contributed by atoms with Gasteiger partial charge in [0.1, 0.15) is 0 Å². The first-order valence-corrected chi connectivity index (χ1v) is 7.78. The van der Waals surface area contributed by atoms with Gasteiger partial charge in [-0.15, -0.1) is 0 Å². The first kappa shape index (κ1) is 14.2. The zero-order valence-corrected chi connectivity index (χ0v) is 12.6. The van der Waals surface area contributed by atoms with Crippen LogP contribution in [0.15, 0.2) is 60.7 Å². The molecule has 0 saturated carbocycles. The lowest BCUT2D eigenvalue weighted by molar-refractivity contribution is -0.0199. The van der Waals surface area contributed by atoms with Gasteiger partial charge >= 0.3 is 0 Å². The van der Waals surface area contributed by atoms with Gasteiger partial charge in [-0.1, -0.05) is 55.5 Å². The average molecular weight is 281 g/mol. The molecule has 0 amide bonds. The van der Waals surface area contributed by atoms with Crippen molar-refractivity contribution in [3.05, 3.63) is 66.2 Å². The van der Waals surface area contributed by atoms with E-state index in [2.05, 4.69) is 48.2 Å². The average Bonchev–Trinajstić information content (AvgIpc) is 2.70. The van der Waals surface area contributed by atoms with Gasteiger partial charge < -0.3 is 10.0 Å². The molecule has 1 fully saturated rings. The summed E-state index contributed by atoms with van der Waals surface area (Å²) in [5, 5.41) is 11.2. The number of benzene rings is 2. The lowest BCUT2D eigenvalue weighted by Gasteiger charge is -2.33. The van der Waals surface area contributed by atoms with Gasteiger partial charge in [0.25, 0.3) is 0 Å². The Morgan fingerprint density at radius 1 is 0.952 bits per heavy atom. The number of hydrogen-bond donors (Lipinski definition) is 1. The molecule has 0 bridgehead atoms. The SMILES string of the molecule is CC1CCN(c2ccccc2)CCC1(O)c1ccccc1. The predicted octanol–water partition coefficient (Wildman–Crippen LogP) is 3.81. The minimum absolute atomic E-state index is 0.258. The van der Waals surface area contributed by atoms with Crippen LogP contribution in [0.25, 0.3) is 0 Å². The Labute approximate surface area is 127 Å². The number of anilines is 1. The summed E-state index contributed by atoms with van der Waals surface area (Å²) in [5.41, 5.74) is 1.58. The lowest BCUT2D eigenvalue weighted by Crippen LogP contribution is -2.34. The smallest absolute Gasteiger partial charge is 0.0939 e. The summed E-state index contributed by atoms with van der Waals surface area (Å²) in [7, 11) is 0. The van der Waals surface area contributed by atoms with E-state index in [1.54, 1.807) is 0 Å². The highest BCUT2D eigenvalue weighted by Gasteiger charge is 2.37. The van der Waals surface area contributed by atoms with Crippen molar-refractivity contribution in [2.24, 2.45) is 5.92 Å². The fraction of sp³-hybridized carbons (Fsp3) is 0.368. The van der Waals surface area contributed by atoms with Crippen molar-refractivity contribution in [3.8, 4) is 0 Å². The molecule has 2 atom stereocenters. The molecule has 0 aromatic heterocycles. The third kappa shape index (κ3) is 2.81. The molecule has 0 aliphatic carbocycles. The van der Waals surface area contributed by atoms with Gasteiger partial charge in [-0.25, -0.2) is 0 Å².